The Bertz CT molecular complexity index is 539. The second-order valence-electron chi connectivity index (χ2n) is 3.97. The van der Waals surface area contributed by atoms with Gasteiger partial charge in [-0.1, -0.05) is 72.8 Å². The van der Waals surface area contributed by atoms with E-state index in [1.807, 2.05) is 36.4 Å². The van der Waals surface area contributed by atoms with Gasteiger partial charge in [0.1, 0.15) is 0 Å². The number of benzene rings is 2. The molecule has 0 fully saturated rings. The van der Waals surface area contributed by atoms with Crippen molar-refractivity contribution in [2.45, 2.75) is 0 Å². The Kier molecular flexibility index (Phi) is 5.66. The second kappa shape index (κ2) is 8.32. The van der Waals surface area contributed by atoms with Gasteiger partial charge in [0.2, 0.25) is 0 Å². The molecule has 0 aliphatic heterocycles. The van der Waals surface area contributed by atoms with Crippen LogP contribution in [0.5, 0.6) is 0 Å². The lowest BCUT2D eigenvalue weighted by atomic mass is 10.1. The fraction of sp³-hybridized carbons (Fsp3) is 0. The molecule has 0 spiro atoms. The highest BCUT2D eigenvalue weighted by Gasteiger charge is 1.84. The van der Waals surface area contributed by atoms with E-state index >= 15 is 0 Å². The summed E-state index contributed by atoms with van der Waals surface area (Å²) in [4.78, 5) is 0. The fourth-order valence-electron chi connectivity index (χ4n) is 1.53. The molecule has 2 aromatic carbocycles. The lowest BCUT2D eigenvalue weighted by Gasteiger charge is -1.92. The first-order valence-corrected chi connectivity index (χ1v) is 6.32. The smallest absolute Gasteiger partial charge is 0.0529 e. The van der Waals surface area contributed by atoms with Crippen LogP contribution in [0.3, 0.4) is 0 Å². The SMILES string of the molecule is C(=C\c1ccccc1)/c1ccccc1.c1cnnnc1. The second-order valence-corrected chi connectivity index (χ2v) is 3.97. The zero-order valence-corrected chi connectivity index (χ0v) is 11.0. The maximum atomic E-state index is 3.42. The molecule has 0 saturated carbocycles. The summed E-state index contributed by atoms with van der Waals surface area (Å²) < 4.78 is 0. The van der Waals surface area contributed by atoms with Gasteiger partial charge in [-0.05, 0) is 22.4 Å². The first-order valence-electron chi connectivity index (χ1n) is 6.32. The first kappa shape index (κ1) is 13.6. The molecule has 1 heterocycles. The summed E-state index contributed by atoms with van der Waals surface area (Å²) in [6.07, 6.45) is 7.39. The maximum absolute atomic E-state index is 3.42. The minimum absolute atomic E-state index is 1.23. The van der Waals surface area contributed by atoms with Crippen LogP contribution in [-0.4, -0.2) is 15.4 Å². The van der Waals surface area contributed by atoms with Crippen molar-refractivity contribution in [3.63, 3.8) is 0 Å². The average molecular weight is 261 g/mol. The van der Waals surface area contributed by atoms with Gasteiger partial charge in [-0.15, -0.1) is 10.2 Å². The molecule has 3 heteroatoms. The Labute approximate surface area is 118 Å². The van der Waals surface area contributed by atoms with Crippen molar-refractivity contribution in [3.8, 4) is 0 Å². The highest BCUT2D eigenvalue weighted by molar-refractivity contribution is 5.69. The van der Waals surface area contributed by atoms with Gasteiger partial charge in [-0.3, -0.25) is 0 Å². The Hall–Kier alpha value is -2.81. The van der Waals surface area contributed by atoms with Crippen LogP contribution in [0.4, 0.5) is 0 Å². The molecule has 3 aromatic rings. The summed E-state index contributed by atoms with van der Waals surface area (Å²) in [5.41, 5.74) is 2.47. The van der Waals surface area contributed by atoms with E-state index in [2.05, 4.69) is 51.8 Å². The highest BCUT2D eigenvalue weighted by atomic mass is 15.3. The van der Waals surface area contributed by atoms with Gasteiger partial charge < -0.3 is 0 Å². The van der Waals surface area contributed by atoms with Crippen molar-refractivity contribution in [1.82, 2.24) is 15.4 Å². The number of aromatic nitrogens is 3. The number of rotatable bonds is 2. The van der Waals surface area contributed by atoms with Crippen LogP contribution in [0.15, 0.2) is 79.1 Å². The molecule has 20 heavy (non-hydrogen) atoms. The Balaban J connectivity index is 0.000000205. The van der Waals surface area contributed by atoms with Gasteiger partial charge in [0.25, 0.3) is 0 Å². The molecule has 0 bridgehead atoms. The predicted octanol–water partition coefficient (Wildman–Crippen LogP) is 3.73. The van der Waals surface area contributed by atoms with Crippen molar-refractivity contribution >= 4 is 12.2 Å². The minimum Gasteiger partial charge on any atom is -0.139 e. The summed E-state index contributed by atoms with van der Waals surface area (Å²) in [5, 5.41) is 10.1. The van der Waals surface area contributed by atoms with Gasteiger partial charge in [-0.25, -0.2) is 0 Å². The van der Waals surface area contributed by atoms with Gasteiger partial charge in [0, 0.05) is 0 Å². The third-order valence-corrected chi connectivity index (χ3v) is 2.48. The monoisotopic (exact) mass is 261 g/mol. The number of hydrogen-bond acceptors (Lipinski definition) is 3. The molecule has 3 nitrogen and oxygen atoms in total. The first-order chi connectivity index (χ1) is 9.95. The molecule has 0 unspecified atom stereocenters. The van der Waals surface area contributed by atoms with E-state index in [0.717, 1.165) is 0 Å². The third-order valence-electron chi connectivity index (χ3n) is 2.48. The summed E-state index contributed by atoms with van der Waals surface area (Å²) in [5.74, 6) is 0. The third kappa shape index (κ3) is 5.23. The highest BCUT2D eigenvalue weighted by Crippen LogP contribution is 2.06. The fourth-order valence-corrected chi connectivity index (χ4v) is 1.53. The van der Waals surface area contributed by atoms with Crippen molar-refractivity contribution in [2.24, 2.45) is 0 Å². The van der Waals surface area contributed by atoms with Crippen LogP contribution in [0.2, 0.25) is 0 Å². The molecule has 1 aromatic heterocycles. The van der Waals surface area contributed by atoms with Crippen LogP contribution >= 0.6 is 0 Å². The average Bonchev–Trinajstić information content (AvgIpc) is 2.57. The molecule has 0 radical (unpaired) electrons. The number of hydrogen-bond donors (Lipinski definition) is 0. The van der Waals surface area contributed by atoms with Crippen LogP contribution < -0.4 is 0 Å². The van der Waals surface area contributed by atoms with Crippen LogP contribution in [0, 0.1) is 0 Å². The van der Waals surface area contributed by atoms with Crippen LogP contribution in [-0.2, 0) is 0 Å². The van der Waals surface area contributed by atoms with E-state index in [4.69, 9.17) is 0 Å². The van der Waals surface area contributed by atoms with Crippen molar-refractivity contribution in [3.05, 3.63) is 90.3 Å². The van der Waals surface area contributed by atoms with Gasteiger partial charge in [-0.2, -0.15) is 0 Å². The topological polar surface area (TPSA) is 38.7 Å². The quantitative estimate of drug-likeness (QED) is 0.660. The van der Waals surface area contributed by atoms with E-state index < -0.39 is 0 Å². The number of nitrogens with zero attached hydrogens (tertiary/aromatic N) is 3. The molecule has 0 aliphatic rings. The molecule has 3 rings (SSSR count). The zero-order valence-electron chi connectivity index (χ0n) is 11.0. The molecule has 98 valence electrons. The van der Waals surface area contributed by atoms with Crippen LogP contribution in [0.25, 0.3) is 12.2 Å². The van der Waals surface area contributed by atoms with Crippen LogP contribution in [0.1, 0.15) is 11.1 Å². The Morgan fingerprint density at radius 1 is 0.550 bits per heavy atom. The lowest BCUT2D eigenvalue weighted by Crippen LogP contribution is -1.78. The molecule has 0 atom stereocenters. The van der Waals surface area contributed by atoms with Crippen molar-refractivity contribution < 1.29 is 0 Å². The Morgan fingerprint density at radius 3 is 1.30 bits per heavy atom. The predicted molar refractivity (Wildman–Crippen MR) is 81.6 cm³/mol. The molecular weight excluding hydrogens is 246 g/mol. The summed E-state index contributed by atoms with van der Waals surface area (Å²) >= 11 is 0. The molecule has 0 amide bonds. The normalized spacial score (nSPS) is 9.80. The van der Waals surface area contributed by atoms with E-state index in [1.54, 1.807) is 18.5 Å². The lowest BCUT2D eigenvalue weighted by molar-refractivity contribution is 0.865. The summed E-state index contributed by atoms with van der Waals surface area (Å²) in [7, 11) is 0. The van der Waals surface area contributed by atoms with E-state index in [0.29, 0.717) is 0 Å². The van der Waals surface area contributed by atoms with E-state index in [-0.39, 0.29) is 0 Å². The molecule has 0 aliphatic carbocycles. The Morgan fingerprint density at radius 2 is 1.00 bits per heavy atom. The maximum Gasteiger partial charge on any atom is 0.0529 e. The van der Waals surface area contributed by atoms with E-state index in [1.165, 1.54) is 11.1 Å². The minimum atomic E-state index is 1.23. The molecular formula is C17H15N3. The van der Waals surface area contributed by atoms with Crippen molar-refractivity contribution in [1.29, 1.82) is 0 Å². The van der Waals surface area contributed by atoms with E-state index in [9.17, 15) is 0 Å². The largest absolute Gasteiger partial charge is 0.139 e. The summed E-state index contributed by atoms with van der Waals surface area (Å²) in [6.45, 7) is 0. The van der Waals surface area contributed by atoms with Gasteiger partial charge in [0.05, 0.1) is 12.4 Å². The summed E-state index contributed by atoms with van der Waals surface area (Å²) in [6, 6.07) is 22.3. The van der Waals surface area contributed by atoms with Crippen molar-refractivity contribution in [2.75, 3.05) is 0 Å². The van der Waals surface area contributed by atoms with Gasteiger partial charge >= 0.3 is 0 Å². The standard InChI is InChI=1S/C14H12.C3H3N3/c1-3-7-13(8-4-1)11-12-14-9-5-2-6-10-14;1-2-4-6-5-3-1/h1-12H;1-3H/b12-11+;. The zero-order chi connectivity index (χ0) is 13.9. The van der Waals surface area contributed by atoms with Gasteiger partial charge in [0.15, 0.2) is 0 Å². The molecule has 0 saturated heterocycles. The molecule has 0 N–H and O–H groups in total.